The number of likely N-dealkylation sites (tertiary alicyclic amines) is 1. The highest BCUT2D eigenvalue weighted by Gasteiger charge is 2.24. The summed E-state index contributed by atoms with van der Waals surface area (Å²) in [6, 6.07) is 6.08. The van der Waals surface area contributed by atoms with E-state index < -0.39 is 0 Å². The molecule has 1 amide bonds. The molecule has 0 N–H and O–H groups in total. The largest absolute Gasteiger partial charge is 0.486 e. The van der Waals surface area contributed by atoms with E-state index in [9.17, 15) is 4.79 Å². The Morgan fingerprint density at radius 1 is 1.25 bits per heavy atom. The Kier molecular flexibility index (Phi) is 4.11. The summed E-state index contributed by atoms with van der Waals surface area (Å²) < 4.78 is 13.2. The van der Waals surface area contributed by atoms with Gasteiger partial charge in [-0.25, -0.2) is 4.98 Å². The van der Waals surface area contributed by atoms with Crippen LogP contribution in [0, 0.1) is 0 Å². The number of fused-ring (bicyclic) bond motifs is 1. The van der Waals surface area contributed by atoms with Gasteiger partial charge < -0.3 is 18.9 Å². The van der Waals surface area contributed by atoms with Gasteiger partial charge in [0.1, 0.15) is 13.2 Å². The summed E-state index contributed by atoms with van der Waals surface area (Å²) in [6.45, 7) is 2.71. The molecule has 1 aromatic carbocycles. The third kappa shape index (κ3) is 3.09. The Hall–Kier alpha value is -2.50. The van der Waals surface area contributed by atoms with E-state index >= 15 is 0 Å². The van der Waals surface area contributed by atoms with Crippen LogP contribution in [0.4, 0.5) is 0 Å². The standard InChI is InChI=1S/C18H21N3O3/c22-18(11-14-3-4-16-17(10-14)24-9-8-23-16)20-6-1-2-15(12-20)21-7-5-19-13-21/h3-5,7,10,13,15H,1-2,6,8-9,11-12H2/t15-/m0/s1. The summed E-state index contributed by atoms with van der Waals surface area (Å²) >= 11 is 0. The van der Waals surface area contributed by atoms with Crippen molar-refractivity contribution in [1.29, 1.82) is 0 Å². The van der Waals surface area contributed by atoms with Crippen molar-refractivity contribution in [3.8, 4) is 11.5 Å². The first kappa shape index (κ1) is 15.1. The molecule has 0 bridgehead atoms. The number of aromatic nitrogens is 2. The van der Waals surface area contributed by atoms with Crippen LogP contribution in [-0.2, 0) is 11.2 Å². The van der Waals surface area contributed by atoms with E-state index in [2.05, 4.69) is 9.55 Å². The molecule has 0 spiro atoms. The van der Waals surface area contributed by atoms with E-state index in [0.717, 1.165) is 43.0 Å². The molecule has 0 saturated carbocycles. The van der Waals surface area contributed by atoms with Crippen LogP contribution < -0.4 is 9.47 Å². The summed E-state index contributed by atoms with van der Waals surface area (Å²) in [7, 11) is 0. The minimum Gasteiger partial charge on any atom is -0.486 e. The highest BCUT2D eigenvalue weighted by atomic mass is 16.6. The first-order chi connectivity index (χ1) is 11.8. The van der Waals surface area contributed by atoms with Crippen molar-refractivity contribution in [2.24, 2.45) is 0 Å². The van der Waals surface area contributed by atoms with E-state index in [4.69, 9.17) is 9.47 Å². The molecule has 6 nitrogen and oxygen atoms in total. The molecule has 0 unspecified atom stereocenters. The average Bonchev–Trinajstić information content (AvgIpc) is 3.16. The first-order valence-corrected chi connectivity index (χ1v) is 8.43. The second-order valence-electron chi connectivity index (χ2n) is 6.30. The normalized spacial score (nSPS) is 20.0. The van der Waals surface area contributed by atoms with Crippen molar-refractivity contribution in [3.05, 3.63) is 42.5 Å². The van der Waals surface area contributed by atoms with Gasteiger partial charge in [0, 0.05) is 25.5 Å². The SMILES string of the molecule is O=C(Cc1ccc2c(c1)OCCO2)N1CCC[C@H](n2ccnc2)C1. The van der Waals surface area contributed by atoms with Crippen LogP contribution in [0.15, 0.2) is 36.9 Å². The summed E-state index contributed by atoms with van der Waals surface area (Å²) in [6.07, 6.45) is 8.10. The molecule has 126 valence electrons. The van der Waals surface area contributed by atoms with Crippen LogP contribution in [0.3, 0.4) is 0 Å². The zero-order valence-electron chi connectivity index (χ0n) is 13.6. The smallest absolute Gasteiger partial charge is 0.227 e. The molecule has 4 rings (SSSR count). The van der Waals surface area contributed by atoms with Crippen molar-refractivity contribution in [3.63, 3.8) is 0 Å². The molecule has 1 aromatic heterocycles. The van der Waals surface area contributed by atoms with Crippen molar-refractivity contribution >= 4 is 5.91 Å². The van der Waals surface area contributed by atoms with Crippen molar-refractivity contribution in [2.75, 3.05) is 26.3 Å². The topological polar surface area (TPSA) is 56.6 Å². The maximum Gasteiger partial charge on any atom is 0.227 e. The Morgan fingerprint density at radius 3 is 2.96 bits per heavy atom. The Morgan fingerprint density at radius 2 is 2.12 bits per heavy atom. The zero-order chi connectivity index (χ0) is 16.4. The second kappa shape index (κ2) is 6.55. The van der Waals surface area contributed by atoms with Gasteiger partial charge in [0.15, 0.2) is 11.5 Å². The van der Waals surface area contributed by atoms with Crippen LogP contribution in [0.25, 0.3) is 0 Å². The molecule has 1 saturated heterocycles. The molecule has 1 fully saturated rings. The lowest BCUT2D eigenvalue weighted by Gasteiger charge is -2.33. The maximum absolute atomic E-state index is 12.7. The summed E-state index contributed by atoms with van der Waals surface area (Å²) in [5, 5.41) is 0. The second-order valence-corrected chi connectivity index (χ2v) is 6.30. The predicted octanol–water partition coefficient (Wildman–Crippen LogP) is 2.06. The molecule has 2 aliphatic rings. The lowest BCUT2D eigenvalue weighted by Crippen LogP contribution is -2.41. The number of rotatable bonds is 3. The van der Waals surface area contributed by atoms with Gasteiger partial charge in [-0.1, -0.05) is 6.07 Å². The average molecular weight is 327 g/mol. The van der Waals surface area contributed by atoms with Gasteiger partial charge in [0.2, 0.25) is 5.91 Å². The van der Waals surface area contributed by atoms with E-state index in [1.165, 1.54) is 0 Å². The molecule has 0 radical (unpaired) electrons. The van der Waals surface area contributed by atoms with Crippen molar-refractivity contribution in [1.82, 2.24) is 14.5 Å². The lowest BCUT2D eigenvalue weighted by atomic mass is 10.0. The van der Waals surface area contributed by atoms with Crippen LogP contribution in [0.5, 0.6) is 11.5 Å². The Balaban J connectivity index is 1.42. The summed E-state index contributed by atoms with van der Waals surface area (Å²) in [5.74, 6) is 1.66. The van der Waals surface area contributed by atoms with Gasteiger partial charge in [-0.15, -0.1) is 0 Å². The number of hydrogen-bond donors (Lipinski definition) is 0. The molecule has 1 atom stereocenters. The van der Waals surface area contributed by atoms with Gasteiger partial charge in [-0.05, 0) is 30.5 Å². The van der Waals surface area contributed by atoms with Crippen molar-refractivity contribution in [2.45, 2.75) is 25.3 Å². The highest BCUT2D eigenvalue weighted by Crippen LogP contribution is 2.31. The number of hydrogen-bond acceptors (Lipinski definition) is 4. The number of piperidine rings is 1. The van der Waals surface area contributed by atoms with Crippen molar-refractivity contribution < 1.29 is 14.3 Å². The number of nitrogens with zero attached hydrogens (tertiary/aromatic N) is 3. The highest BCUT2D eigenvalue weighted by molar-refractivity contribution is 5.79. The molecular weight excluding hydrogens is 306 g/mol. The van der Waals surface area contributed by atoms with E-state index in [1.807, 2.05) is 35.6 Å². The predicted molar refractivity (Wildman–Crippen MR) is 88.2 cm³/mol. The fourth-order valence-electron chi connectivity index (χ4n) is 3.39. The van der Waals surface area contributed by atoms with Gasteiger partial charge in [0.25, 0.3) is 0 Å². The lowest BCUT2D eigenvalue weighted by molar-refractivity contribution is -0.132. The van der Waals surface area contributed by atoms with Gasteiger partial charge in [-0.3, -0.25) is 4.79 Å². The third-order valence-corrected chi connectivity index (χ3v) is 4.66. The number of carbonyl (C=O) groups excluding carboxylic acids is 1. The van der Waals surface area contributed by atoms with E-state index in [1.54, 1.807) is 6.20 Å². The minimum absolute atomic E-state index is 0.163. The Bertz CT molecular complexity index is 714. The summed E-state index contributed by atoms with van der Waals surface area (Å²) in [4.78, 5) is 18.8. The molecule has 0 aliphatic carbocycles. The fraction of sp³-hybridized carbons (Fsp3) is 0.444. The number of imidazole rings is 1. The third-order valence-electron chi connectivity index (χ3n) is 4.66. The van der Waals surface area contributed by atoms with Crippen LogP contribution in [-0.4, -0.2) is 46.7 Å². The van der Waals surface area contributed by atoms with E-state index in [0.29, 0.717) is 25.7 Å². The molecule has 2 aliphatic heterocycles. The van der Waals surface area contributed by atoms with Crippen LogP contribution in [0.2, 0.25) is 0 Å². The van der Waals surface area contributed by atoms with Gasteiger partial charge in [-0.2, -0.15) is 0 Å². The monoisotopic (exact) mass is 327 g/mol. The Labute approximate surface area is 141 Å². The van der Waals surface area contributed by atoms with Gasteiger partial charge >= 0.3 is 0 Å². The fourth-order valence-corrected chi connectivity index (χ4v) is 3.39. The number of carbonyl (C=O) groups is 1. The molecule has 2 aromatic rings. The number of benzene rings is 1. The van der Waals surface area contributed by atoms with Gasteiger partial charge in [0.05, 0.1) is 18.8 Å². The zero-order valence-corrected chi connectivity index (χ0v) is 13.6. The molecule has 6 heteroatoms. The number of amides is 1. The quantitative estimate of drug-likeness (QED) is 0.866. The molecule has 3 heterocycles. The van der Waals surface area contributed by atoms with E-state index in [-0.39, 0.29) is 5.91 Å². The minimum atomic E-state index is 0.163. The van der Waals surface area contributed by atoms with Crippen LogP contribution in [0.1, 0.15) is 24.4 Å². The molecular formula is C18H21N3O3. The number of ether oxygens (including phenoxy) is 2. The summed E-state index contributed by atoms with van der Waals surface area (Å²) in [5.41, 5.74) is 0.967. The molecule has 24 heavy (non-hydrogen) atoms. The van der Waals surface area contributed by atoms with Crippen LogP contribution >= 0.6 is 0 Å². The maximum atomic E-state index is 12.7. The first-order valence-electron chi connectivity index (χ1n) is 8.43.